The largest absolute Gasteiger partial charge is 0.493 e. The molecule has 2 heterocycles. The predicted octanol–water partition coefficient (Wildman–Crippen LogP) is 4.38. The number of methoxy groups -OCH3 is 2. The maximum Gasteiger partial charge on any atom is 0.290 e. The van der Waals surface area contributed by atoms with Crippen molar-refractivity contribution >= 4 is 11.7 Å². The number of hydrogen-bond acceptors (Lipinski definition) is 5. The van der Waals surface area contributed by atoms with Crippen molar-refractivity contribution in [3.8, 4) is 11.5 Å². The van der Waals surface area contributed by atoms with Gasteiger partial charge in [-0.1, -0.05) is 24.6 Å². The van der Waals surface area contributed by atoms with Gasteiger partial charge in [0.15, 0.2) is 23.0 Å². The number of ketones is 1. The zero-order chi connectivity index (χ0) is 23.8. The van der Waals surface area contributed by atoms with E-state index in [1.807, 2.05) is 18.2 Å². The lowest BCUT2D eigenvalue weighted by molar-refractivity contribution is -0.135. The summed E-state index contributed by atoms with van der Waals surface area (Å²) in [6.07, 6.45) is 3.85. The molecule has 0 N–H and O–H groups in total. The van der Waals surface area contributed by atoms with Crippen LogP contribution >= 0.6 is 0 Å². The molecule has 1 amide bonds. The Kier molecular flexibility index (Phi) is 6.02. The quantitative estimate of drug-likeness (QED) is 0.634. The number of benzene rings is 2. The van der Waals surface area contributed by atoms with Gasteiger partial charge in [-0.2, -0.15) is 0 Å². The fourth-order valence-corrected chi connectivity index (χ4v) is 5.40. The third kappa shape index (κ3) is 3.83. The van der Waals surface area contributed by atoms with Crippen LogP contribution in [0, 0.1) is 11.7 Å². The minimum atomic E-state index is -0.585. The van der Waals surface area contributed by atoms with Crippen molar-refractivity contribution in [2.24, 2.45) is 5.92 Å². The summed E-state index contributed by atoms with van der Waals surface area (Å²) in [7, 11) is 3.16. The average Bonchev–Trinajstić information content (AvgIpc) is 3.14. The van der Waals surface area contributed by atoms with E-state index >= 15 is 0 Å². The van der Waals surface area contributed by atoms with E-state index in [1.165, 1.54) is 12.1 Å². The SMILES string of the molecule is COc1ccc(CCN2C(=O)C3=C(C(=O)C4CCCCC4O3)C2c2ccc(F)cc2)cc1OC. The van der Waals surface area contributed by atoms with Gasteiger partial charge in [0, 0.05) is 6.54 Å². The topological polar surface area (TPSA) is 65.1 Å². The monoisotopic (exact) mass is 465 g/mol. The van der Waals surface area contributed by atoms with Gasteiger partial charge in [0.25, 0.3) is 5.91 Å². The summed E-state index contributed by atoms with van der Waals surface area (Å²) >= 11 is 0. The minimum absolute atomic E-state index is 0.00208. The normalized spacial score (nSPS) is 24.0. The highest BCUT2D eigenvalue weighted by molar-refractivity contribution is 6.11. The fourth-order valence-electron chi connectivity index (χ4n) is 5.40. The zero-order valence-electron chi connectivity index (χ0n) is 19.4. The summed E-state index contributed by atoms with van der Waals surface area (Å²) in [6, 6.07) is 11.1. The van der Waals surface area contributed by atoms with Crippen LogP contribution in [0.15, 0.2) is 53.8 Å². The number of carbonyl (C=O) groups excluding carboxylic acids is 2. The van der Waals surface area contributed by atoms with Crippen LogP contribution in [0.2, 0.25) is 0 Å². The Morgan fingerprint density at radius 2 is 1.74 bits per heavy atom. The van der Waals surface area contributed by atoms with Crippen molar-refractivity contribution < 1.29 is 28.2 Å². The number of Topliss-reactive ketones (excluding diaryl/α,β-unsaturated/α-hetero) is 1. The van der Waals surface area contributed by atoms with Gasteiger partial charge in [0.2, 0.25) is 0 Å². The van der Waals surface area contributed by atoms with Gasteiger partial charge in [-0.15, -0.1) is 0 Å². The molecule has 34 heavy (non-hydrogen) atoms. The van der Waals surface area contributed by atoms with E-state index in [0.29, 0.717) is 35.6 Å². The van der Waals surface area contributed by atoms with Gasteiger partial charge in [-0.3, -0.25) is 9.59 Å². The zero-order valence-corrected chi connectivity index (χ0v) is 19.4. The second-order valence-corrected chi connectivity index (χ2v) is 9.05. The van der Waals surface area contributed by atoms with Crippen LogP contribution in [-0.2, 0) is 20.7 Å². The average molecular weight is 466 g/mol. The molecule has 1 fully saturated rings. The molecule has 7 heteroatoms. The lowest BCUT2D eigenvalue weighted by Gasteiger charge is -2.35. The number of nitrogens with zero attached hydrogens (tertiary/aromatic N) is 1. The van der Waals surface area contributed by atoms with Crippen molar-refractivity contribution in [1.29, 1.82) is 0 Å². The molecule has 0 bridgehead atoms. The molecule has 0 radical (unpaired) electrons. The predicted molar refractivity (Wildman–Crippen MR) is 123 cm³/mol. The summed E-state index contributed by atoms with van der Waals surface area (Å²) in [5.74, 6) is 0.570. The van der Waals surface area contributed by atoms with E-state index in [2.05, 4.69) is 0 Å². The highest BCUT2D eigenvalue weighted by atomic mass is 19.1. The number of halogens is 1. The van der Waals surface area contributed by atoms with Crippen molar-refractivity contribution in [2.45, 2.75) is 44.2 Å². The Morgan fingerprint density at radius 1 is 1.00 bits per heavy atom. The van der Waals surface area contributed by atoms with Crippen LogP contribution in [0.4, 0.5) is 4.39 Å². The van der Waals surface area contributed by atoms with Crippen molar-refractivity contribution in [3.63, 3.8) is 0 Å². The van der Waals surface area contributed by atoms with Crippen LogP contribution in [0.3, 0.4) is 0 Å². The fraction of sp³-hybridized carbons (Fsp3) is 0.407. The molecule has 2 aromatic rings. The number of carbonyl (C=O) groups is 2. The highest BCUT2D eigenvalue weighted by Gasteiger charge is 2.51. The molecule has 0 saturated heterocycles. The lowest BCUT2D eigenvalue weighted by atomic mass is 9.77. The molecule has 1 aliphatic carbocycles. The van der Waals surface area contributed by atoms with Gasteiger partial charge in [0.05, 0.1) is 31.8 Å². The first-order chi connectivity index (χ1) is 16.5. The Labute approximate surface area is 198 Å². The summed E-state index contributed by atoms with van der Waals surface area (Å²) in [5.41, 5.74) is 2.10. The minimum Gasteiger partial charge on any atom is -0.493 e. The third-order valence-corrected chi connectivity index (χ3v) is 7.13. The highest BCUT2D eigenvalue weighted by Crippen LogP contribution is 2.46. The smallest absolute Gasteiger partial charge is 0.290 e. The number of hydrogen-bond donors (Lipinski definition) is 0. The number of rotatable bonds is 6. The van der Waals surface area contributed by atoms with Crippen molar-refractivity contribution in [1.82, 2.24) is 4.90 Å². The Hall–Kier alpha value is -3.35. The molecule has 0 spiro atoms. The Balaban J connectivity index is 1.47. The van der Waals surface area contributed by atoms with Gasteiger partial charge < -0.3 is 19.1 Å². The molecular formula is C27H28FNO5. The van der Waals surface area contributed by atoms with E-state index in [-0.39, 0.29) is 35.3 Å². The van der Waals surface area contributed by atoms with E-state index in [9.17, 15) is 14.0 Å². The van der Waals surface area contributed by atoms with E-state index in [1.54, 1.807) is 31.3 Å². The maximum absolute atomic E-state index is 13.7. The van der Waals surface area contributed by atoms with E-state index in [4.69, 9.17) is 14.2 Å². The first kappa shape index (κ1) is 22.4. The van der Waals surface area contributed by atoms with Crippen LogP contribution in [0.1, 0.15) is 42.9 Å². The van der Waals surface area contributed by atoms with Crippen LogP contribution in [0.25, 0.3) is 0 Å². The molecule has 2 aromatic carbocycles. The van der Waals surface area contributed by atoms with Crippen LogP contribution < -0.4 is 9.47 Å². The third-order valence-electron chi connectivity index (χ3n) is 7.13. The Bertz CT molecular complexity index is 1140. The number of ether oxygens (including phenoxy) is 3. The Morgan fingerprint density at radius 3 is 2.47 bits per heavy atom. The second kappa shape index (κ2) is 9.12. The molecule has 1 saturated carbocycles. The summed E-state index contributed by atoms with van der Waals surface area (Å²) in [5, 5.41) is 0. The first-order valence-corrected chi connectivity index (χ1v) is 11.7. The summed E-state index contributed by atoms with van der Waals surface area (Å²) < 4.78 is 30.6. The van der Waals surface area contributed by atoms with Gasteiger partial charge in [0.1, 0.15) is 11.9 Å². The molecule has 5 rings (SSSR count). The van der Waals surface area contributed by atoms with Crippen molar-refractivity contribution in [2.75, 3.05) is 20.8 Å². The van der Waals surface area contributed by atoms with Gasteiger partial charge in [-0.25, -0.2) is 4.39 Å². The molecule has 178 valence electrons. The second-order valence-electron chi connectivity index (χ2n) is 9.05. The van der Waals surface area contributed by atoms with Crippen LogP contribution in [-0.4, -0.2) is 43.5 Å². The molecule has 0 aromatic heterocycles. The molecule has 3 atom stereocenters. The van der Waals surface area contributed by atoms with Gasteiger partial charge >= 0.3 is 0 Å². The molecule has 3 unspecified atom stereocenters. The number of fused-ring (bicyclic) bond motifs is 1. The van der Waals surface area contributed by atoms with Gasteiger partial charge in [-0.05, 0) is 61.1 Å². The standard InChI is InChI=1S/C27H28FNO5/c1-32-21-12-7-16(15-22(21)33-2)13-14-29-24(17-8-10-18(28)11-9-17)23-25(30)19-5-3-4-6-20(19)34-26(23)27(29)31/h7-12,15,19-20,24H,3-6,13-14H2,1-2H3. The van der Waals surface area contributed by atoms with E-state index < -0.39 is 6.04 Å². The van der Waals surface area contributed by atoms with E-state index in [0.717, 1.165) is 31.2 Å². The summed E-state index contributed by atoms with van der Waals surface area (Å²) in [6.45, 7) is 0.370. The first-order valence-electron chi connectivity index (χ1n) is 11.7. The number of amides is 1. The lowest BCUT2D eigenvalue weighted by Crippen LogP contribution is -2.39. The summed E-state index contributed by atoms with van der Waals surface area (Å²) in [4.78, 5) is 28.8. The van der Waals surface area contributed by atoms with Crippen molar-refractivity contribution in [3.05, 3.63) is 70.7 Å². The van der Waals surface area contributed by atoms with Crippen LogP contribution in [0.5, 0.6) is 11.5 Å². The maximum atomic E-state index is 13.7. The molecular weight excluding hydrogens is 437 g/mol. The molecule has 2 aliphatic heterocycles. The molecule has 6 nitrogen and oxygen atoms in total. The molecule has 3 aliphatic rings.